The number of nitrogens with one attached hydrogen (secondary N) is 1. The van der Waals surface area contributed by atoms with E-state index < -0.39 is 17.8 Å². The van der Waals surface area contributed by atoms with Crippen molar-refractivity contribution < 1.29 is 23.1 Å². The highest BCUT2D eigenvalue weighted by Gasteiger charge is 2.60. The zero-order chi connectivity index (χ0) is 19.1. The number of hydrogen-bond donors (Lipinski definition) is 2. The van der Waals surface area contributed by atoms with Crippen LogP contribution in [0, 0.1) is 13.8 Å². The number of carbonyl (C=O) groups is 1. The summed E-state index contributed by atoms with van der Waals surface area (Å²) >= 11 is 0. The molecule has 2 heterocycles. The van der Waals surface area contributed by atoms with Crippen LogP contribution in [0.1, 0.15) is 27.3 Å². The van der Waals surface area contributed by atoms with E-state index >= 15 is 0 Å². The lowest BCUT2D eigenvalue weighted by Gasteiger charge is -2.33. The minimum atomic E-state index is -5.04. The van der Waals surface area contributed by atoms with Crippen LogP contribution < -0.4 is 5.43 Å². The molecule has 26 heavy (non-hydrogen) atoms. The Kier molecular flexibility index (Phi) is 4.27. The number of amides is 1. The Morgan fingerprint density at radius 1 is 1.31 bits per heavy atom. The molecule has 1 aliphatic rings. The maximum absolute atomic E-state index is 13.1. The molecule has 6 nitrogen and oxygen atoms in total. The lowest BCUT2D eigenvalue weighted by Crippen LogP contribution is -2.60. The van der Waals surface area contributed by atoms with Gasteiger partial charge < -0.3 is 5.11 Å². The molecular formula is C17H17F3N4O2. The number of alkyl halides is 3. The Balaban J connectivity index is 1.86. The molecule has 138 valence electrons. The quantitative estimate of drug-likeness (QED) is 0.874. The Morgan fingerprint density at radius 2 is 2.04 bits per heavy atom. The third-order valence-corrected chi connectivity index (χ3v) is 4.09. The van der Waals surface area contributed by atoms with Crippen molar-refractivity contribution in [3.05, 3.63) is 65.1 Å². The summed E-state index contributed by atoms with van der Waals surface area (Å²) in [4.78, 5) is 12.5. The van der Waals surface area contributed by atoms with Gasteiger partial charge in [0.15, 0.2) is 0 Å². The highest BCUT2D eigenvalue weighted by molar-refractivity contribution is 5.95. The summed E-state index contributed by atoms with van der Waals surface area (Å²) in [6, 6.07) is 8.10. The van der Waals surface area contributed by atoms with Crippen LogP contribution in [-0.4, -0.2) is 37.7 Å². The Bertz CT molecular complexity index is 875. The molecule has 0 unspecified atom stereocenters. The zero-order valence-electron chi connectivity index (χ0n) is 14.1. The van der Waals surface area contributed by atoms with E-state index in [9.17, 15) is 23.1 Å². The van der Waals surface area contributed by atoms with Crippen molar-refractivity contribution in [2.24, 2.45) is 0 Å². The SMILES string of the molecule is Cc1cc(C)n(Cc2cccc(C(=O)N3NC=C[C@]3(O)C(F)(F)F)c2)n1. The van der Waals surface area contributed by atoms with Crippen molar-refractivity contribution in [1.29, 1.82) is 0 Å². The summed E-state index contributed by atoms with van der Waals surface area (Å²) in [6.45, 7) is 4.11. The van der Waals surface area contributed by atoms with E-state index in [-0.39, 0.29) is 10.6 Å². The molecule has 1 aliphatic heterocycles. The van der Waals surface area contributed by atoms with Crippen LogP contribution >= 0.6 is 0 Å². The second-order valence-corrected chi connectivity index (χ2v) is 6.11. The number of aliphatic hydroxyl groups is 1. The Morgan fingerprint density at radius 3 is 2.65 bits per heavy atom. The molecule has 0 fully saturated rings. The lowest BCUT2D eigenvalue weighted by atomic mass is 10.1. The van der Waals surface area contributed by atoms with E-state index in [1.165, 1.54) is 12.1 Å². The average Bonchev–Trinajstić information content (AvgIpc) is 3.10. The fourth-order valence-corrected chi connectivity index (χ4v) is 2.78. The number of halogens is 3. The molecule has 0 bridgehead atoms. The van der Waals surface area contributed by atoms with Gasteiger partial charge in [-0.15, -0.1) is 0 Å². The maximum Gasteiger partial charge on any atom is 0.442 e. The van der Waals surface area contributed by atoms with E-state index in [1.54, 1.807) is 16.8 Å². The van der Waals surface area contributed by atoms with Gasteiger partial charge >= 0.3 is 6.18 Å². The molecule has 2 aromatic rings. The lowest BCUT2D eigenvalue weighted by molar-refractivity contribution is -0.283. The molecule has 1 atom stereocenters. The van der Waals surface area contributed by atoms with Crippen molar-refractivity contribution in [3.8, 4) is 0 Å². The summed E-state index contributed by atoms with van der Waals surface area (Å²) in [5, 5.41) is 14.4. The van der Waals surface area contributed by atoms with Crippen molar-refractivity contribution in [2.45, 2.75) is 32.3 Å². The van der Waals surface area contributed by atoms with E-state index in [0.29, 0.717) is 18.2 Å². The van der Waals surface area contributed by atoms with Gasteiger partial charge in [-0.2, -0.15) is 18.3 Å². The number of aryl methyl sites for hydroxylation is 2. The van der Waals surface area contributed by atoms with Crippen LogP contribution in [0.5, 0.6) is 0 Å². The predicted molar refractivity (Wildman–Crippen MR) is 86.7 cm³/mol. The fraction of sp³-hybridized carbons (Fsp3) is 0.294. The largest absolute Gasteiger partial charge is 0.442 e. The molecule has 1 amide bonds. The summed E-state index contributed by atoms with van der Waals surface area (Å²) < 4.78 is 41.2. The fourth-order valence-electron chi connectivity index (χ4n) is 2.78. The highest BCUT2D eigenvalue weighted by Crippen LogP contribution is 2.36. The minimum absolute atomic E-state index is 0.0166. The minimum Gasteiger partial charge on any atom is -0.359 e. The van der Waals surface area contributed by atoms with Gasteiger partial charge in [0.2, 0.25) is 0 Å². The molecule has 9 heteroatoms. The van der Waals surface area contributed by atoms with E-state index in [2.05, 4.69) is 10.5 Å². The van der Waals surface area contributed by atoms with Gasteiger partial charge in [0.1, 0.15) is 0 Å². The first kappa shape index (κ1) is 18.0. The van der Waals surface area contributed by atoms with Crippen molar-refractivity contribution in [2.75, 3.05) is 0 Å². The van der Waals surface area contributed by atoms with Crippen molar-refractivity contribution in [1.82, 2.24) is 20.2 Å². The van der Waals surface area contributed by atoms with Crippen LogP contribution in [0.15, 0.2) is 42.6 Å². The second kappa shape index (κ2) is 6.17. The first-order valence-electron chi connectivity index (χ1n) is 7.79. The molecule has 0 spiro atoms. The van der Waals surface area contributed by atoms with E-state index in [0.717, 1.165) is 17.6 Å². The molecule has 0 aliphatic carbocycles. The van der Waals surface area contributed by atoms with Gasteiger partial charge in [-0.1, -0.05) is 12.1 Å². The average molecular weight is 366 g/mol. The van der Waals surface area contributed by atoms with Crippen molar-refractivity contribution >= 4 is 5.91 Å². The van der Waals surface area contributed by atoms with Crippen LogP contribution in [-0.2, 0) is 6.54 Å². The number of carbonyl (C=O) groups excluding carboxylic acids is 1. The first-order chi connectivity index (χ1) is 12.1. The third kappa shape index (κ3) is 3.05. The predicted octanol–water partition coefficient (Wildman–Crippen LogP) is 2.27. The van der Waals surface area contributed by atoms with E-state index in [1.807, 2.05) is 19.9 Å². The monoisotopic (exact) mass is 366 g/mol. The number of hydrazine groups is 1. The number of rotatable bonds is 3. The number of benzene rings is 1. The normalized spacial score (nSPS) is 19.7. The molecular weight excluding hydrogens is 349 g/mol. The maximum atomic E-state index is 13.1. The Hall–Kier alpha value is -2.81. The van der Waals surface area contributed by atoms with Crippen LogP contribution in [0.4, 0.5) is 13.2 Å². The molecule has 1 aromatic carbocycles. The molecule has 0 saturated heterocycles. The number of nitrogens with zero attached hydrogens (tertiary/aromatic N) is 3. The van der Waals surface area contributed by atoms with Crippen LogP contribution in [0.25, 0.3) is 0 Å². The van der Waals surface area contributed by atoms with Crippen LogP contribution in [0.3, 0.4) is 0 Å². The number of aromatic nitrogens is 2. The summed E-state index contributed by atoms with van der Waals surface area (Å²) in [6.07, 6.45) is -3.67. The molecule has 0 saturated carbocycles. The van der Waals surface area contributed by atoms with Crippen molar-refractivity contribution in [3.63, 3.8) is 0 Å². The standard InChI is InChI=1S/C17H17F3N4O2/c1-11-8-12(2)23(22-11)10-13-4-3-5-14(9-13)15(25)24-16(26,6-7-21-24)17(18,19)20/h3-9,21,26H,10H2,1-2H3/t16-/m0/s1. The summed E-state index contributed by atoms with van der Waals surface area (Å²) in [5.41, 5.74) is 1.24. The van der Waals surface area contributed by atoms with Gasteiger partial charge in [0.05, 0.1) is 12.2 Å². The van der Waals surface area contributed by atoms with E-state index in [4.69, 9.17) is 0 Å². The topological polar surface area (TPSA) is 70.4 Å². The van der Waals surface area contributed by atoms with Gasteiger partial charge in [-0.25, -0.2) is 5.01 Å². The van der Waals surface area contributed by atoms with Crippen LogP contribution in [0.2, 0.25) is 0 Å². The molecule has 0 radical (unpaired) electrons. The second-order valence-electron chi connectivity index (χ2n) is 6.11. The Labute approximate surface area is 147 Å². The summed E-state index contributed by atoms with van der Waals surface area (Å²) in [7, 11) is 0. The highest BCUT2D eigenvalue weighted by atomic mass is 19.4. The third-order valence-electron chi connectivity index (χ3n) is 4.09. The smallest absolute Gasteiger partial charge is 0.359 e. The zero-order valence-corrected chi connectivity index (χ0v) is 14.1. The molecule has 3 rings (SSSR count). The van der Waals surface area contributed by atoms with Gasteiger partial charge in [0, 0.05) is 17.5 Å². The van der Waals surface area contributed by atoms with Gasteiger partial charge in [0.25, 0.3) is 11.6 Å². The van der Waals surface area contributed by atoms with Gasteiger partial charge in [-0.3, -0.25) is 14.9 Å². The molecule has 2 N–H and O–H groups in total. The first-order valence-corrected chi connectivity index (χ1v) is 7.79. The molecule has 1 aromatic heterocycles. The summed E-state index contributed by atoms with van der Waals surface area (Å²) in [5.74, 6) is -0.995. The number of hydrogen-bond acceptors (Lipinski definition) is 4. The van der Waals surface area contributed by atoms with Gasteiger partial charge in [-0.05, 0) is 43.7 Å².